The summed E-state index contributed by atoms with van der Waals surface area (Å²) in [6, 6.07) is 1.98. The Morgan fingerprint density at radius 3 is 2.34 bits per heavy atom. The van der Waals surface area contributed by atoms with E-state index in [2.05, 4.69) is 20.5 Å². The lowest BCUT2D eigenvalue weighted by molar-refractivity contribution is -0.105. The monoisotopic (exact) mass is 603 g/mol. The highest BCUT2D eigenvalue weighted by atomic mass is 32.2. The molecule has 0 amide bonds. The largest absolute Gasteiger partial charge is 0.395 e. The van der Waals surface area contributed by atoms with Crippen LogP contribution in [0.1, 0.15) is 48.2 Å². The number of aliphatic hydroxyl groups excluding tert-OH is 3. The Morgan fingerprint density at radius 2 is 1.73 bits per heavy atom. The minimum atomic E-state index is -2.93. The number of aromatic nitrogens is 5. The first kappa shape index (κ1) is 29.8. The van der Waals surface area contributed by atoms with E-state index in [0.29, 0.717) is 11.3 Å². The Labute approximate surface area is 234 Å². The second-order valence-electron chi connectivity index (χ2n) is 10.8. The highest BCUT2D eigenvalue weighted by Gasteiger charge is 2.54. The number of aliphatic hydroxyl groups is 4. The van der Waals surface area contributed by atoms with Gasteiger partial charge in [-0.15, -0.1) is 5.10 Å². The lowest BCUT2D eigenvalue weighted by Crippen LogP contribution is -2.53. The summed E-state index contributed by atoms with van der Waals surface area (Å²) >= 11 is 0. The lowest BCUT2D eigenvalue weighted by atomic mass is 9.79. The molecule has 9 nitrogen and oxygen atoms in total. The van der Waals surface area contributed by atoms with Gasteiger partial charge in [0, 0.05) is 35.6 Å². The molecular weight excluding hydrogens is 573 g/mol. The van der Waals surface area contributed by atoms with E-state index in [0.717, 1.165) is 16.8 Å². The summed E-state index contributed by atoms with van der Waals surface area (Å²) in [7, 11) is -1.69. The molecule has 6 atom stereocenters. The molecule has 1 aliphatic carbocycles. The molecule has 15 heteroatoms. The maximum atomic E-state index is 14.1. The fraction of sp³-hybridized carbons (Fsp3) is 0.538. The van der Waals surface area contributed by atoms with Crippen LogP contribution < -0.4 is 0 Å². The number of alkyl halides is 2. The third kappa shape index (κ3) is 5.57. The molecule has 1 aliphatic heterocycles. The maximum Gasteiger partial charge on any atom is 0.248 e. The number of nitrogens with zero attached hydrogens (tertiary/aromatic N) is 5. The number of halogens is 5. The van der Waals surface area contributed by atoms with Crippen molar-refractivity contribution in [3.63, 3.8) is 0 Å². The molecule has 41 heavy (non-hydrogen) atoms. The van der Waals surface area contributed by atoms with Gasteiger partial charge >= 0.3 is 0 Å². The number of aryl methyl sites for hydroxylation is 1. The Kier molecular flexibility index (Phi) is 8.11. The molecule has 1 aromatic carbocycles. The predicted molar refractivity (Wildman–Crippen MR) is 139 cm³/mol. The Balaban J connectivity index is 1.49. The molecule has 2 fully saturated rings. The minimum absolute atomic E-state index is 0.0311. The Morgan fingerprint density at radius 1 is 1.07 bits per heavy atom. The molecule has 224 valence electrons. The van der Waals surface area contributed by atoms with Crippen LogP contribution in [-0.2, 0) is 0 Å². The van der Waals surface area contributed by atoms with E-state index in [4.69, 9.17) is 0 Å². The molecule has 3 heterocycles. The summed E-state index contributed by atoms with van der Waals surface area (Å²) in [6.45, 7) is 1.17. The van der Waals surface area contributed by atoms with Crippen molar-refractivity contribution < 1.29 is 42.4 Å². The van der Waals surface area contributed by atoms with E-state index in [1.54, 1.807) is 13.0 Å². The van der Waals surface area contributed by atoms with Gasteiger partial charge in [0.2, 0.25) is 5.92 Å². The standard InChI is InChI=1S/C26H30F5N5O4S/c1-13-2-7-32-34-21(13)24(25(40)3-5-26(30,31)6-4-25)41-12-18(38)22(23(39)19(41)11-37)36-10-17(33-35-36)14-8-15(27)20(29)16(28)9-14/h2,7-10,18-19,22-24,37-41H,3-6,11-12H2,1H3/t18-,19+,22-,23-,24-/m0/s1. The van der Waals surface area contributed by atoms with Gasteiger partial charge in [-0.25, -0.2) is 37.5 Å². The summed E-state index contributed by atoms with van der Waals surface area (Å²) in [5.41, 5.74) is -0.832. The van der Waals surface area contributed by atoms with Crippen LogP contribution in [-0.4, -0.2) is 87.0 Å². The van der Waals surface area contributed by atoms with Crippen LogP contribution in [0.2, 0.25) is 0 Å². The van der Waals surface area contributed by atoms with E-state index in [1.807, 2.05) is 0 Å². The summed E-state index contributed by atoms with van der Waals surface area (Å²) < 4.78 is 70.3. The lowest BCUT2D eigenvalue weighted by Gasteiger charge is -2.53. The van der Waals surface area contributed by atoms with Crippen LogP contribution in [0, 0.1) is 24.4 Å². The third-order valence-corrected chi connectivity index (χ3v) is 11.7. The summed E-state index contributed by atoms with van der Waals surface area (Å²) in [5, 5.41) is 59.1. The van der Waals surface area contributed by atoms with E-state index in [1.165, 1.54) is 12.4 Å². The van der Waals surface area contributed by atoms with Crippen molar-refractivity contribution in [1.82, 2.24) is 25.2 Å². The van der Waals surface area contributed by atoms with E-state index >= 15 is 0 Å². The van der Waals surface area contributed by atoms with Crippen molar-refractivity contribution >= 4 is 10.9 Å². The first-order valence-electron chi connectivity index (χ1n) is 13.0. The highest BCUT2D eigenvalue weighted by Crippen LogP contribution is 2.60. The average Bonchev–Trinajstić information content (AvgIpc) is 3.40. The summed E-state index contributed by atoms with van der Waals surface area (Å²) in [5.74, 6) is -7.47. The molecule has 0 bridgehead atoms. The van der Waals surface area contributed by atoms with Gasteiger partial charge in [-0.2, -0.15) is 10.2 Å². The molecule has 1 saturated heterocycles. The molecule has 2 aromatic heterocycles. The van der Waals surface area contributed by atoms with Crippen LogP contribution in [0.4, 0.5) is 22.0 Å². The molecule has 1 saturated carbocycles. The van der Waals surface area contributed by atoms with E-state index in [-0.39, 0.29) is 29.9 Å². The smallest absolute Gasteiger partial charge is 0.248 e. The van der Waals surface area contributed by atoms with Gasteiger partial charge in [-0.05, 0) is 43.5 Å². The first-order chi connectivity index (χ1) is 19.3. The topological polar surface area (TPSA) is 137 Å². The molecule has 1 unspecified atom stereocenters. The fourth-order valence-electron chi connectivity index (χ4n) is 5.93. The van der Waals surface area contributed by atoms with Gasteiger partial charge in [0.1, 0.15) is 11.7 Å². The number of benzene rings is 1. The zero-order chi connectivity index (χ0) is 29.7. The molecular formula is C26H30F5N5O4S. The van der Waals surface area contributed by atoms with Crippen LogP contribution in [0.3, 0.4) is 0 Å². The molecule has 0 radical (unpaired) electrons. The van der Waals surface area contributed by atoms with Crippen molar-refractivity contribution in [3.8, 4) is 11.3 Å². The van der Waals surface area contributed by atoms with Crippen molar-refractivity contribution in [2.75, 3.05) is 12.4 Å². The fourth-order valence-corrected chi connectivity index (χ4v) is 9.67. The average molecular weight is 604 g/mol. The third-order valence-electron chi connectivity index (χ3n) is 8.15. The summed E-state index contributed by atoms with van der Waals surface area (Å²) in [6.07, 6.45) is -1.66. The molecule has 2 aliphatic rings. The van der Waals surface area contributed by atoms with Crippen molar-refractivity contribution in [2.45, 2.75) is 72.9 Å². The van der Waals surface area contributed by atoms with Crippen LogP contribution in [0.5, 0.6) is 0 Å². The number of thiol groups is 1. The minimum Gasteiger partial charge on any atom is -0.395 e. The van der Waals surface area contributed by atoms with Gasteiger partial charge < -0.3 is 20.4 Å². The van der Waals surface area contributed by atoms with Gasteiger partial charge in [-0.1, -0.05) is 5.21 Å². The van der Waals surface area contributed by atoms with Gasteiger partial charge in [0.15, 0.2) is 17.5 Å². The maximum absolute atomic E-state index is 14.1. The molecule has 5 rings (SSSR count). The number of hydrogen-bond acceptors (Lipinski definition) is 8. The molecule has 4 N–H and O–H groups in total. The van der Waals surface area contributed by atoms with Gasteiger partial charge in [0.05, 0.1) is 41.6 Å². The Hall–Kier alpha value is -2.72. The predicted octanol–water partition coefficient (Wildman–Crippen LogP) is 2.78. The summed E-state index contributed by atoms with van der Waals surface area (Å²) in [4.78, 5) is 0. The van der Waals surface area contributed by atoms with Gasteiger partial charge in [-0.3, -0.25) is 0 Å². The highest BCUT2D eigenvalue weighted by molar-refractivity contribution is 8.18. The number of rotatable bonds is 6. The van der Waals surface area contributed by atoms with Crippen molar-refractivity contribution in [2.24, 2.45) is 0 Å². The molecule has 3 aromatic rings. The SMILES string of the molecule is Cc1ccnnc1[C@H]([SH]1C[C@H](O)[C@H](n2cc(-c3cc(F)c(F)c(F)c3)nn2)[C@@H](O)[C@H]1CO)C1(O)CCC(F)(F)CC1. The quantitative estimate of drug-likeness (QED) is 0.165. The van der Waals surface area contributed by atoms with Crippen molar-refractivity contribution in [1.29, 1.82) is 0 Å². The second kappa shape index (κ2) is 11.2. The van der Waals surface area contributed by atoms with E-state index < -0.39 is 88.1 Å². The van der Waals surface area contributed by atoms with Crippen LogP contribution in [0.25, 0.3) is 11.3 Å². The zero-order valence-corrected chi connectivity index (χ0v) is 22.8. The van der Waals surface area contributed by atoms with Crippen molar-refractivity contribution in [3.05, 3.63) is 59.3 Å². The van der Waals surface area contributed by atoms with Crippen LogP contribution in [0.15, 0.2) is 30.6 Å². The molecule has 0 spiro atoms. The van der Waals surface area contributed by atoms with E-state index in [9.17, 15) is 42.4 Å². The van der Waals surface area contributed by atoms with Crippen LogP contribution >= 0.6 is 10.9 Å². The zero-order valence-electron chi connectivity index (χ0n) is 21.9. The number of hydrogen-bond donors (Lipinski definition) is 5. The van der Waals surface area contributed by atoms with Gasteiger partial charge in [0.25, 0.3) is 0 Å². The second-order valence-corrected chi connectivity index (χ2v) is 13.4. The normalized spacial score (nSPS) is 29.3. The first-order valence-corrected chi connectivity index (χ1v) is 14.7. The Bertz CT molecular complexity index is 1380.